The third kappa shape index (κ3) is 4.63. The highest BCUT2D eigenvalue weighted by molar-refractivity contribution is 5.97. The van der Waals surface area contributed by atoms with Crippen LogP contribution in [-0.2, 0) is 16.0 Å². The van der Waals surface area contributed by atoms with Crippen molar-refractivity contribution in [3.05, 3.63) is 84.4 Å². The van der Waals surface area contributed by atoms with Gasteiger partial charge in [0.1, 0.15) is 5.75 Å². The van der Waals surface area contributed by atoms with Crippen LogP contribution in [0, 0.1) is 5.92 Å². The summed E-state index contributed by atoms with van der Waals surface area (Å²) in [6.07, 6.45) is 1.41. The van der Waals surface area contributed by atoms with Gasteiger partial charge < -0.3 is 15.4 Å². The second kappa shape index (κ2) is 8.61. The van der Waals surface area contributed by atoms with Crippen molar-refractivity contribution in [3.8, 4) is 11.5 Å². The van der Waals surface area contributed by atoms with Crippen LogP contribution in [0.25, 0.3) is 0 Å². The lowest BCUT2D eigenvalue weighted by Gasteiger charge is -2.24. The van der Waals surface area contributed by atoms with E-state index in [0.717, 1.165) is 11.3 Å². The molecule has 5 heteroatoms. The number of anilines is 2. The van der Waals surface area contributed by atoms with E-state index in [1.54, 1.807) is 6.07 Å². The molecular weight excluding hydrogens is 364 g/mol. The van der Waals surface area contributed by atoms with Crippen LogP contribution in [0.15, 0.2) is 78.9 Å². The fourth-order valence-electron chi connectivity index (χ4n) is 3.44. The van der Waals surface area contributed by atoms with E-state index < -0.39 is 0 Å². The van der Waals surface area contributed by atoms with E-state index in [4.69, 9.17) is 4.74 Å². The number of carbonyl (C=O) groups excluding carboxylic acids is 2. The fourth-order valence-corrected chi connectivity index (χ4v) is 3.44. The Hall–Kier alpha value is -3.60. The van der Waals surface area contributed by atoms with Gasteiger partial charge in [0, 0.05) is 18.0 Å². The van der Waals surface area contributed by atoms with E-state index in [1.807, 2.05) is 72.8 Å². The van der Waals surface area contributed by atoms with Crippen molar-refractivity contribution in [2.24, 2.45) is 5.92 Å². The Morgan fingerprint density at radius 1 is 0.966 bits per heavy atom. The van der Waals surface area contributed by atoms with Crippen LogP contribution < -0.4 is 15.4 Å². The summed E-state index contributed by atoms with van der Waals surface area (Å²) >= 11 is 0. The van der Waals surface area contributed by atoms with Gasteiger partial charge >= 0.3 is 0 Å². The van der Waals surface area contributed by atoms with Crippen LogP contribution in [-0.4, -0.2) is 11.8 Å². The predicted octanol–water partition coefficient (Wildman–Crippen LogP) is 5.01. The molecule has 1 aliphatic rings. The molecule has 29 heavy (non-hydrogen) atoms. The standard InChI is InChI=1S/C24H22N2O3/c27-23(15-14-18-16-17-8-4-5-11-20(17)26-24(18)28)25-21-12-6-7-13-22(21)29-19-9-2-1-3-10-19/h1-13,18H,14-16H2,(H,25,27)(H,26,28). The fraction of sp³-hybridized carbons (Fsp3) is 0.167. The molecule has 3 aromatic rings. The largest absolute Gasteiger partial charge is 0.455 e. The minimum atomic E-state index is -0.202. The molecule has 3 aromatic carbocycles. The first-order valence-electron chi connectivity index (χ1n) is 9.69. The van der Waals surface area contributed by atoms with Crippen LogP contribution in [0.2, 0.25) is 0 Å². The van der Waals surface area contributed by atoms with Crippen molar-refractivity contribution in [2.45, 2.75) is 19.3 Å². The molecule has 1 aliphatic heterocycles. The van der Waals surface area contributed by atoms with Gasteiger partial charge in [0.2, 0.25) is 11.8 Å². The minimum Gasteiger partial charge on any atom is -0.455 e. The van der Waals surface area contributed by atoms with Crippen molar-refractivity contribution < 1.29 is 14.3 Å². The Morgan fingerprint density at radius 3 is 2.55 bits per heavy atom. The van der Waals surface area contributed by atoms with E-state index in [9.17, 15) is 9.59 Å². The molecule has 0 aliphatic carbocycles. The zero-order valence-corrected chi connectivity index (χ0v) is 15.9. The van der Waals surface area contributed by atoms with Crippen molar-refractivity contribution >= 4 is 23.2 Å². The number of carbonyl (C=O) groups is 2. The summed E-state index contributed by atoms with van der Waals surface area (Å²) in [6, 6.07) is 24.5. The Kier molecular flexibility index (Phi) is 5.56. The molecule has 2 amide bonds. The molecule has 0 radical (unpaired) electrons. The normalized spacial score (nSPS) is 15.2. The van der Waals surface area contributed by atoms with Crippen LogP contribution in [0.1, 0.15) is 18.4 Å². The van der Waals surface area contributed by atoms with Crippen LogP contribution in [0.3, 0.4) is 0 Å². The maximum absolute atomic E-state index is 12.5. The zero-order valence-electron chi connectivity index (χ0n) is 15.9. The summed E-state index contributed by atoms with van der Waals surface area (Å²) < 4.78 is 5.88. The molecule has 0 aromatic heterocycles. The molecule has 1 heterocycles. The highest BCUT2D eigenvalue weighted by atomic mass is 16.5. The summed E-state index contributed by atoms with van der Waals surface area (Å²) in [6.45, 7) is 0. The first-order valence-corrected chi connectivity index (χ1v) is 9.69. The van der Waals surface area contributed by atoms with Crippen molar-refractivity contribution in [1.29, 1.82) is 0 Å². The predicted molar refractivity (Wildman–Crippen MR) is 113 cm³/mol. The van der Waals surface area contributed by atoms with Crippen LogP contribution in [0.5, 0.6) is 11.5 Å². The molecule has 0 saturated carbocycles. The SMILES string of the molecule is O=C(CCC1Cc2ccccc2NC1=O)Nc1ccccc1Oc1ccccc1. The molecule has 0 spiro atoms. The van der Waals surface area contributed by atoms with Gasteiger partial charge in [-0.15, -0.1) is 0 Å². The molecule has 0 saturated heterocycles. The molecule has 0 bridgehead atoms. The Morgan fingerprint density at radius 2 is 1.69 bits per heavy atom. The number of hydrogen-bond donors (Lipinski definition) is 2. The number of ether oxygens (including phenoxy) is 1. The molecule has 5 nitrogen and oxygen atoms in total. The van der Waals surface area contributed by atoms with Gasteiger partial charge in [-0.1, -0.05) is 48.5 Å². The number of amides is 2. The number of benzene rings is 3. The van der Waals surface area contributed by atoms with E-state index in [-0.39, 0.29) is 24.2 Å². The van der Waals surface area contributed by atoms with Crippen LogP contribution >= 0.6 is 0 Å². The summed E-state index contributed by atoms with van der Waals surface area (Å²) in [5, 5.41) is 5.84. The highest BCUT2D eigenvalue weighted by Crippen LogP contribution is 2.30. The highest BCUT2D eigenvalue weighted by Gasteiger charge is 2.26. The van der Waals surface area contributed by atoms with Gasteiger partial charge in [0.15, 0.2) is 5.75 Å². The van der Waals surface area contributed by atoms with Gasteiger partial charge in [0.05, 0.1) is 5.69 Å². The Balaban J connectivity index is 1.36. The lowest BCUT2D eigenvalue weighted by Crippen LogP contribution is -2.30. The average Bonchev–Trinajstić information content (AvgIpc) is 2.74. The number of fused-ring (bicyclic) bond motifs is 1. The lowest BCUT2D eigenvalue weighted by molar-refractivity contribution is -0.121. The molecule has 2 N–H and O–H groups in total. The Labute approximate surface area is 169 Å². The van der Waals surface area contributed by atoms with Crippen molar-refractivity contribution in [2.75, 3.05) is 10.6 Å². The van der Waals surface area contributed by atoms with Crippen molar-refractivity contribution in [3.63, 3.8) is 0 Å². The third-order valence-electron chi connectivity index (χ3n) is 4.96. The van der Waals surface area contributed by atoms with E-state index in [2.05, 4.69) is 10.6 Å². The maximum Gasteiger partial charge on any atom is 0.227 e. The summed E-state index contributed by atoms with van der Waals surface area (Å²) in [5.74, 6) is 0.916. The second-order valence-electron chi connectivity index (χ2n) is 7.05. The topological polar surface area (TPSA) is 67.4 Å². The van der Waals surface area contributed by atoms with E-state index in [1.165, 1.54) is 0 Å². The molecule has 146 valence electrons. The van der Waals surface area contributed by atoms with Gasteiger partial charge in [-0.2, -0.15) is 0 Å². The second-order valence-corrected chi connectivity index (χ2v) is 7.05. The maximum atomic E-state index is 12.5. The number of para-hydroxylation sites is 4. The number of nitrogens with one attached hydrogen (secondary N) is 2. The number of hydrogen-bond acceptors (Lipinski definition) is 3. The first-order chi connectivity index (χ1) is 14.2. The van der Waals surface area contributed by atoms with Crippen molar-refractivity contribution in [1.82, 2.24) is 0 Å². The minimum absolute atomic E-state index is 0.0238. The molecule has 1 unspecified atom stereocenters. The zero-order chi connectivity index (χ0) is 20.1. The molecule has 1 atom stereocenters. The van der Waals surface area contributed by atoms with E-state index in [0.29, 0.717) is 30.0 Å². The molecule has 4 rings (SSSR count). The van der Waals surface area contributed by atoms with E-state index >= 15 is 0 Å². The monoisotopic (exact) mass is 386 g/mol. The summed E-state index contributed by atoms with van der Waals surface area (Å²) in [7, 11) is 0. The summed E-state index contributed by atoms with van der Waals surface area (Å²) in [4.78, 5) is 24.8. The lowest BCUT2D eigenvalue weighted by atomic mass is 9.89. The average molecular weight is 386 g/mol. The third-order valence-corrected chi connectivity index (χ3v) is 4.96. The first kappa shape index (κ1) is 18.7. The van der Waals surface area contributed by atoms with Gasteiger partial charge in [0.25, 0.3) is 0 Å². The van der Waals surface area contributed by atoms with Gasteiger partial charge in [-0.25, -0.2) is 0 Å². The number of rotatable bonds is 6. The molecule has 0 fully saturated rings. The van der Waals surface area contributed by atoms with Gasteiger partial charge in [-0.05, 0) is 48.7 Å². The molecular formula is C24H22N2O3. The smallest absolute Gasteiger partial charge is 0.227 e. The van der Waals surface area contributed by atoms with Gasteiger partial charge in [-0.3, -0.25) is 9.59 Å². The van der Waals surface area contributed by atoms with Crippen LogP contribution in [0.4, 0.5) is 11.4 Å². The quantitative estimate of drug-likeness (QED) is 0.626. The summed E-state index contributed by atoms with van der Waals surface area (Å²) in [5.41, 5.74) is 2.59. The Bertz CT molecular complexity index is 1020.